The third kappa shape index (κ3) is 2.96. The molecule has 1 aromatic carbocycles. The number of hydrogen-bond donors (Lipinski definition) is 1. The van der Waals surface area contributed by atoms with Crippen molar-refractivity contribution in [3.8, 4) is 0 Å². The molecular weight excluding hydrogens is 292 g/mol. The first kappa shape index (κ1) is 14.2. The first-order valence-corrected chi connectivity index (χ1v) is 7.30. The highest BCUT2D eigenvalue weighted by Gasteiger charge is 2.17. The van der Waals surface area contributed by atoms with Gasteiger partial charge in [0.25, 0.3) is 0 Å². The molecule has 2 heterocycles. The number of carbonyl (C=O) groups excluding carboxylic acids is 1. The van der Waals surface area contributed by atoms with Crippen LogP contribution in [0.1, 0.15) is 6.42 Å². The minimum Gasteiger partial charge on any atom is -0.378 e. The van der Waals surface area contributed by atoms with Gasteiger partial charge in [0.05, 0.1) is 24.2 Å². The average Bonchev–Trinajstić information content (AvgIpc) is 2.80. The maximum absolute atomic E-state index is 12.2. The number of fused-ring (bicyclic) bond motifs is 1. The molecule has 0 aliphatic carbocycles. The molecule has 1 saturated heterocycles. The predicted molar refractivity (Wildman–Crippen MR) is 81.2 cm³/mol. The standard InChI is InChI=1S/C14H17ClN4O2/c15-10-1-2-12-11(9-10)17-14(16)19(12)4-3-13(20)18-5-7-21-8-6-18/h1-2,9H,3-8H2,(H2,16,17). The van der Waals surface area contributed by atoms with Gasteiger partial charge in [-0.1, -0.05) is 11.6 Å². The van der Waals surface area contributed by atoms with Crippen LogP contribution in [0.5, 0.6) is 0 Å². The second kappa shape index (κ2) is 5.91. The first-order chi connectivity index (χ1) is 10.1. The quantitative estimate of drug-likeness (QED) is 0.933. The number of amides is 1. The summed E-state index contributed by atoms with van der Waals surface area (Å²) >= 11 is 5.95. The number of halogens is 1. The second-order valence-corrected chi connectivity index (χ2v) is 5.43. The number of aromatic nitrogens is 2. The number of nitrogens with zero attached hydrogens (tertiary/aromatic N) is 3. The lowest BCUT2D eigenvalue weighted by atomic mass is 10.3. The summed E-state index contributed by atoms with van der Waals surface area (Å²) in [5, 5.41) is 0.622. The summed E-state index contributed by atoms with van der Waals surface area (Å²) in [5.41, 5.74) is 7.58. The van der Waals surface area contributed by atoms with Crippen molar-refractivity contribution in [1.29, 1.82) is 0 Å². The van der Waals surface area contributed by atoms with E-state index in [0.29, 0.717) is 50.2 Å². The van der Waals surface area contributed by atoms with Crippen molar-refractivity contribution in [2.45, 2.75) is 13.0 Å². The lowest BCUT2D eigenvalue weighted by molar-refractivity contribution is -0.135. The van der Waals surface area contributed by atoms with Gasteiger partial charge in [-0.05, 0) is 18.2 Å². The number of imidazole rings is 1. The summed E-state index contributed by atoms with van der Waals surface area (Å²) in [6.45, 7) is 3.06. The molecule has 1 aromatic heterocycles. The van der Waals surface area contributed by atoms with Crippen LogP contribution in [0.4, 0.5) is 5.95 Å². The van der Waals surface area contributed by atoms with Crippen LogP contribution in [0.3, 0.4) is 0 Å². The van der Waals surface area contributed by atoms with E-state index >= 15 is 0 Å². The molecule has 112 valence electrons. The number of nitrogens with two attached hydrogens (primary N) is 1. The van der Waals surface area contributed by atoms with Crippen LogP contribution >= 0.6 is 11.6 Å². The number of carbonyl (C=O) groups is 1. The van der Waals surface area contributed by atoms with E-state index in [1.54, 1.807) is 12.1 Å². The number of benzene rings is 1. The Labute approximate surface area is 127 Å². The zero-order valence-corrected chi connectivity index (χ0v) is 12.3. The molecule has 0 spiro atoms. The molecule has 1 aliphatic rings. The molecule has 21 heavy (non-hydrogen) atoms. The third-order valence-electron chi connectivity index (χ3n) is 3.65. The molecule has 3 rings (SSSR count). The molecule has 1 fully saturated rings. The summed E-state index contributed by atoms with van der Waals surface area (Å²) in [7, 11) is 0. The molecular formula is C14H17ClN4O2. The molecule has 0 saturated carbocycles. The van der Waals surface area contributed by atoms with E-state index < -0.39 is 0 Å². The molecule has 2 N–H and O–H groups in total. The Hall–Kier alpha value is -1.79. The van der Waals surface area contributed by atoms with Crippen molar-refractivity contribution < 1.29 is 9.53 Å². The highest BCUT2D eigenvalue weighted by atomic mass is 35.5. The van der Waals surface area contributed by atoms with Crippen molar-refractivity contribution in [1.82, 2.24) is 14.5 Å². The van der Waals surface area contributed by atoms with Gasteiger partial charge in [-0.25, -0.2) is 4.98 Å². The fourth-order valence-electron chi connectivity index (χ4n) is 2.53. The zero-order valence-electron chi connectivity index (χ0n) is 11.6. The second-order valence-electron chi connectivity index (χ2n) is 5.00. The van der Waals surface area contributed by atoms with Crippen molar-refractivity contribution in [3.63, 3.8) is 0 Å². The third-order valence-corrected chi connectivity index (χ3v) is 3.89. The summed E-state index contributed by atoms with van der Waals surface area (Å²) in [6.07, 6.45) is 0.401. The maximum Gasteiger partial charge on any atom is 0.224 e. The van der Waals surface area contributed by atoms with Gasteiger partial charge < -0.3 is 19.9 Å². The van der Waals surface area contributed by atoms with Crippen LogP contribution in [-0.4, -0.2) is 46.7 Å². The van der Waals surface area contributed by atoms with Crippen molar-refractivity contribution in [2.75, 3.05) is 32.0 Å². The number of hydrogen-bond acceptors (Lipinski definition) is 4. The zero-order chi connectivity index (χ0) is 14.8. The Balaban J connectivity index is 1.72. The van der Waals surface area contributed by atoms with Gasteiger partial charge >= 0.3 is 0 Å². The van der Waals surface area contributed by atoms with Crippen LogP contribution in [0.2, 0.25) is 5.02 Å². The van der Waals surface area contributed by atoms with Gasteiger partial charge in [0, 0.05) is 31.1 Å². The fourth-order valence-corrected chi connectivity index (χ4v) is 2.70. The van der Waals surface area contributed by atoms with Crippen LogP contribution in [0, 0.1) is 0 Å². The van der Waals surface area contributed by atoms with Crippen LogP contribution in [0.25, 0.3) is 11.0 Å². The molecule has 6 nitrogen and oxygen atoms in total. The number of anilines is 1. The van der Waals surface area contributed by atoms with E-state index in [0.717, 1.165) is 11.0 Å². The number of aryl methyl sites for hydroxylation is 1. The molecule has 1 aliphatic heterocycles. The van der Waals surface area contributed by atoms with Gasteiger partial charge in [0.2, 0.25) is 11.9 Å². The normalized spacial score (nSPS) is 15.6. The molecule has 0 bridgehead atoms. The number of ether oxygens (including phenoxy) is 1. The van der Waals surface area contributed by atoms with E-state index in [1.165, 1.54) is 0 Å². The minimum absolute atomic E-state index is 0.119. The van der Waals surface area contributed by atoms with Crippen molar-refractivity contribution >= 4 is 34.5 Å². The molecule has 1 amide bonds. The predicted octanol–water partition coefficient (Wildman–Crippen LogP) is 1.52. The number of morpholine rings is 1. The lowest BCUT2D eigenvalue weighted by Crippen LogP contribution is -2.41. The van der Waals surface area contributed by atoms with Crippen molar-refractivity contribution in [2.24, 2.45) is 0 Å². The summed E-state index contributed by atoms with van der Waals surface area (Å²) in [5.74, 6) is 0.524. The molecule has 0 radical (unpaired) electrons. The van der Waals surface area contributed by atoms with Crippen molar-refractivity contribution in [3.05, 3.63) is 23.2 Å². The smallest absolute Gasteiger partial charge is 0.224 e. The summed E-state index contributed by atoms with van der Waals surface area (Å²) < 4.78 is 7.10. The Kier molecular flexibility index (Phi) is 3.98. The van der Waals surface area contributed by atoms with Gasteiger partial charge in [-0.3, -0.25) is 4.79 Å². The lowest BCUT2D eigenvalue weighted by Gasteiger charge is -2.27. The Morgan fingerprint density at radius 1 is 1.38 bits per heavy atom. The first-order valence-electron chi connectivity index (χ1n) is 6.92. The van der Waals surface area contributed by atoms with Gasteiger partial charge in [0.1, 0.15) is 0 Å². The summed E-state index contributed by atoms with van der Waals surface area (Å²) in [6, 6.07) is 5.44. The Bertz CT molecular complexity index is 664. The van der Waals surface area contributed by atoms with E-state index in [1.807, 2.05) is 15.5 Å². The highest BCUT2D eigenvalue weighted by Crippen LogP contribution is 2.22. The molecule has 0 unspecified atom stereocenters. The van der Waals surface area contributed by atoms with Crippen LogP contribution < -0.4 is 5.73 Å². The Morgan fingerprint density at radius 2 is 2.14 bits per heavy atom. The van der Waals surface area contributed by atoms with Gasteiger partial charge in [0.15, 0.2) is 0 Å². The fraction of sp³-hybridized carbons (Fsp3) is 0.429. The van der Waals surface area contributed by atoms with Gasteiger partial charge in [-0.2, -0.15) is 0 Å². The SMILES string of the molecule is Nc1nc2cc(Cl)ccc2n1CCC(=O)N1CCOCC1. The molecule has 7 heteroatoms. The van der Waals surface area contributed by atoms with E-state index in [4.69, 9.17) is 22.1 Å². The van der Waals surface area contributed by atoms with E-state index in [-0.39, 0.29) is 5.91 Å². The molecule has 2 aromatic rings. The number of nitrogen functional groups attached to an aromatic ring is 1. The largest absolute Gasteiger partial charge is 0.378 e. The monoisotopic (exact) mass is 308 g/mol. The number of rotatable bonds is 3. The van der Waals surface area contributed by atoms with Crippen LogP contribution in [-0.2, 0) is 16.1 Å². The van der Waals surface area contributed by atoms with Crippen LogP contribution in [0.15, 0.2) is 18.2 Å². The average molecular weight is 309 g/mol. The Morgan fingerprint density at radius 3 is 2.90 bits per heavy atom. The highest BCUT2D eigenvalue weighted by molar-refractivity contribution is 6.31. The molecule has 0 atom stereocenters. The minimum atomic E-state index is 0.119. The van der Waals surface area contributed by atoms with E-state index in [9.17, 15) is 4.79 Å². The van der Waals surface area contributed by atoms with Gasteiger partial charge in [-0.15, -0.1) is 0 Å². The maximum atomic E-state index is 12.2. The topological polar surface area (TPSA) is 73.4 Å². The summed E-state index contributed by atoms with van der Waals surface area (Å²) in [4.78, 5) is 18.3. The van der Waals surface area contributed by atoms with E-state index in [2.05, 4.69) is 4.98 Å².